The summed E-state index contributed by atoms with van der Waals surface area (Å²) in [5.74, 6) is -0.763. The molecule has 2 aromatic carbocycles. The number of hydrogen-bond acceptors (Lipinski definition) is 2. The van der Waals surface area contributed by atoms with Crippen molar-refractivity contribution in [2.75, 3.05) is 13.1 Å². The molecule has 0 unspecified atom stereocenters. The molecule has 1 aliphatic rings. The van der Waals surface area contributed by atoms with Gasteiger partial charge in [0.15, 0.2) is 5.78 Å². The Kier molecular flexibility index (Phi) is 5.23. The Bertz CT molecular complexity index is 710. The van der Waals surface area contributed by atoms with Crippen LogP contribution < -0.4 is 0 Å². The molecule has 1 heterocycles. The van der Waals surface area contributed by atoms with Crippen molar-refractivity contribution in [1.29, 1.82) is 0 Å². The third-order valence-electron chi connectivity index (χ3n) is 4.22. The second kappa shape index (κ2) is 7.37. The molecule has 0 saturated carbocycles. The molecule has 2 aromatic rings. The molecule has 0 spiro atoms. The average molecular weight is 376 g/mol. The lowest BCUT2D eigenvalue weighted by Gasteiger charge is -2.26. The van der Waals surface area contributed by atoms with Gasteiger partial charge in [-0.15, -0.1) is 0 Å². The summed E-state index contributed by atoms with van der Waals surface area (Å²) in [5.41, 5.74) is 1.76. The first-order valence-corrected chi connectivity index (χ1v) is 8.74. The van der Waals surface area contributed by atoms with Crippen molar-refractivity contribution >= 4 is 21.7 Å². The minimum absolute atomic E-state index is 0.114. The zero-order valence-electron chi connectivity index (χ0n) is 12.9. The molecule has 0 radical (unpaired) electrons. The van der Waals surface area contributed by atoms with Gasteiger partial charge in [-0.25, -0.2) is 4.39 Å². The molecule has 0 aromatic heterocycles. The summed E-state index contributed by atoms with van der Waals surface area (Å²) in [6.07, 6.45) is 3.78. The van der Waals surface area contributed by atoms with Gasteiger partial charge in [-0.1, -0.05) is 40.5 Å². The van der Waals surface area contributed by atoms with Gasteiger partial charge >= 0.3 is 0 Å². The summed E-state index contributed by atoms with van der Waals surface area (Å²) < 4.78 is 14.6. The number of likely N-dealkylation sites (tertiary alicyclic amines) is 1. The fourth-order valence-corrected chi connectivity index (χ4v) is 3.35. The van der Waals surface area contributed by atoms with E-state index in [0.29, 0.717) is 10.0 Å². The third-order valence-corrected chi connectivity index (χ3v) is 4.71. The van der Waals surface area contributed by atoms with E-state index < -0.39 is 5.82 Å². The molecule has 0 amide bonds. The smallest absolute Gasteiger partial charge is 0.195 e. The fraction of sp³-hybridized carbons (Fsp3) is 0.316. The van der Waals surface area contributed by atoms with E-state index in [1.807, 2.05) is 18.2 Å². The maximum atomic E-state index is 14.0. The van der Waals surface area contributed by atoms with E-state index in [0.717, 1.165) is 25.2 Å². The van der Waals surface area contributed by atoms with Crippen LogP contribution in [0.5, 0.6) is 0 Å². The largest absolute Gasteiger partial charge is 0.299 e. The molecule has 4 heteroatoms. The first-order valence-electron chi connectivity index (χ1n) is 7.94. The molecule has 0 aliphatic carbocycles. The highest BCUT2D eigenvalue weighted by Crippen LogP contribution is 2.20. The number of hydrogen-bond donors (Lipinski definition) is 0. The summed E-state index contributed by atoms with van der Waals surface area (Å²) >= 11 is 3.21. The van der Waals surface area contributed by atoms with Gasteiger partial charge in [-0.05, 0) is 55.8 Å². The Morgan fingerprint density at radius 1 is 1.09 bits per heavy atom. The average Bonchev–Trinajstić information content (AvgIpc) is 2.55. The van der Waals surface area contributed by atoms with E-state index >= 15 is 0 Å². The van der Waals surface area contributed by atoms with E-state index in [2.05, 4.69) is 20.8 Å². The molecule has 3 rings (SSSR count). The van der Waals surface area contributed by atoms with Gasteiger partial charge < -0.3 is 0 Å². The highest BCUT2D eigenvalue weighted by molar-refractivity contribution is 9.10. The molecular weight excluding hydrogens is 357 g/mol. The maximum Gasteiger partial charge on any atom is 0.195 e. The second-order valence-corrected chi connectivity index (χ2v) is 6.91. The van der Waals surface area contributed by atoms with E-state index in [1.165, 1.54) is 31.4 Å². The molecular formula is C19H19BrFNO. The van der Waals surface area contributed by atoms with Crippen LogP contribution in [-0.4, -0.2) is 23.8 Å². The van der Waals surface area contributed by atoms with Crippen molar-refractivity contribution in [3.05, 3.63) is 69.4 Å². The predicted molar refractivity (Wildman–Crippen MR) is 93.1 cm³/mol. The van der Waals surface area contributed by atoms with Crippen molar-refractivity contribution in [2.24, 2.45) is 0 Å². The number of rotatable bonds is 4. The van der Waals surface area contributed by atoms with E-state index in [-0.39, 0.29) is 11.3 Å². The Balaban J connectivity index is 1.79. The molecule has 2 nitrogen and oxygen atoms in total. The minimum Gasteiger partial charge on any atom is -0.299 e. The van der Waals surface area contributed by atoms with Gasteiger partial charge in [0.25, 0.3) is 0 Å². The number of halogens is 2. The lowest BCUT2D eigenvalue weighted by molar-refractivity contribution is 0.103. The number of nitrogens with zero attached hydrogens (tertiary/aromatic N) is 1. The topological polar surface area (TPSA) is 20.3 Å². The number of carbonyl (C=O) groups is 1. The van der Waals surface area contributed by atoms with Crippen LogP contribution >= 0.6 is 15.9 Å². The van der Waals surface area contributed by atoms with E-state index in [9.17, 15) is 9.18 Å². The first-order chi connectivity index (χ1) is 11.1. The van der Waals surface area contributed by atoms with Crippen LogP contribution in [-0.2, 0) is 6.54 Å². The molecule has 0 bridgehead atoms. The summed E-state index contributed by atoms with van der Waals surface area (Å²) in [7, 11) is 0. The van der Waals surface area contributed by atoms with Gasteiger partial charge in [0, 0.05) is 16.6 Å². The second-order valence-electron chi connectivity index (χ2n) is 5.99. The lowest BCUT2D eigenvalue weighted by Crippen LogP contribution is -2.29. The highest BCUT2D eigenvalue weighted by atomic mass is 79.9. The van der Waals surface area contributed by atoms with Gasteiger partial charge in [-0.3, -0.25) is 9.69 Å². The monoisotopic (exact) mass is 375 g/mol. The Morgan fingerprint density at radius 3 is 2.61 bits per heavy atom. The van der Waals surface area contributed by atoms with Crippen LogP contribution in [0.2, 0.25) is 0 Å². The Labute approximate surface area is 144 Å². The molecule has 1 aliphatic heterocycles. The van der Waals surface area contributed by atoms with Gasteiger partial charge in [-0.2, -0.15) is 0 Å². The van der Waals surface area contributed by atoms with Crippen LogP contribution in [0.3, 0.4) is 0 Å². The molecule has 23 heavy (non-hydrogen) atoms. The van der Waals surface area contributed by atoms with Crippen LogP contribution in [0.1, 0.15) is 40.7 Å². The SMILES string of the molecule is O=C(c1cccc(CN2CCCCC2)c1)c1ccc(Br)cc1F. The zero-order chi connectivity index (χ0) is 16.2. The molecule has 0 N–H and O–H groups in total. The standard InChI is InChI=1S/C19H19BrFNO/c20-16-7-8-17(18(21)12-16)19(23)15-6-4-5-14(11-15)13-22-9-2-1-3-10-22/h4-8,11-12H,1-3,9-10,13H2. The third kappa shape index (κ3) is 4.06. The first kappa shape index (κ1) is 16.3. The minimum atomic E-state index is -0.495. The Morgan fingerprint density at radius 2 is 1.87 bits per heavy atom. The van der Waals surface area contributed by atoms with E-state index in [4.69, 9.17) is 0 Å². The fourth-order valence-electron chi connectivity index (χ4n) is 3.02. The predicted octanol–water partition coefficient (Wildman–Crippen LogP) is 4.81. The maximum absolute atomic E-state index is 14.0. The quantitative estimate of drug-likeness (QED) is 0.714. The van der Waals surface area contributed by atoms with Crippen LogP contribution in [0.25, 0.3) is 0 Å². The van der Waals surface area contributed by atoms with Crippen molar-refractivity contribution < 1.29 is 9.18 Å². The van der Waals surface area contributed by atoms with Gasteiger partial charge in [0.2, 0.25) is 0 Å². The summed E-state index contributed by atoms with van der Waals surface area (Å²) in [6, 6.07) is 12.1. The zero-order valence-corrected chi connectivity index (χ0v) is 14.5. The van der Waals surface area contributed by atoms with Gasteiger partial charge in [0.1, 0.15) is 5.82 Å². The highest BCUT2D eigenvalue weighted by Gasteiger charge is 2.16. The van der Waals surface area contributed by atoms with Crippen molar-refractivity contribution in [3.63, 3.8) is 0 Å². The normalized spacial score (nSPS) is 15.6. The summed E-state index contributed by atoms with van der Waals surface area (Å²) in [6.45, 7) is 3.07. The summed E-state index contributed by atoms with van der Waals surface area (Å²) in [5, 5.41) is 0. The molecule has 120 valence electrons. The van der Waals surface area contributed by atoms with Crippen LogP contribution in [0, 0.1) is 5.82 Å². The van der Waals surface area contributed by atoms with Crippen molar-refractivity contribution in [2.45, 2.75) is 25.8 Å². The van der Waals surface area contributed by atoms with Crippen LogP contribution in [0.4, 0.5) is 4.39 Å². The lowest BCUT2D eigenvalue weighted by atomic mass is 10.0. The summed E-state index contributed by atoms with van der Waals surface area (Å²) in [4.78, 5) is 15.0. The van der Waals surface area contributed by atoms with Crippen LogP contribution in [0.15, 0.2) is 46.9 Å². The van der Waals surface area contributed by atoms with Crippen molar-refractivity contribution in [1.82, 2.24) is 4.90 Å². The number of piperidine rings is 1. The molecule has 1 saturated heterocycles. The Hall–Kier alpha value is -1.52. The number of ketones is 1. The van der Waals surface area contributed by atoms with Crippen molar-refractivity contribution in [3.8, 4) is 0 Å². The number of carbonyl (C=O) groups excluding carboxylic acids is 1. The molecule has 1 fully saturated rings. The number of benzene rings is 2. The van der Waals surface area contributed by atoms with E-state index in [1.54, 1.807) is 12.1 Å². The van der Waals surface area contributed by atoms with Gasteiger partial charge in [0.05, 0.1) is 5.56 Å². The molecule has 0 atom stereocenters.